The fourth-order valence-corrected chi connectivity index (χ4v) is 1.29. The van der Waals surface area contributed by atoms with Crippen LogP contribution in [0.5, 0.6) is 0 Å². The van der Waals surface area contributed by atoms with E-state index in [2.05, 4.69) is 0 Å². The van der Waals surface area contributed by atoms with Crippen molar-refractivity contribution in [3.8, 4) is 6.07 Å². The SMILES string of the molecule is N#Cc1cc(C(=O)CCCCl)ccc1F. The van der Waals surface area contributed by atoms with Crippen LogP contribution in [0.15, 0.2) is 18.2 Å². The maximum atomic E-state index is 12.9. The molecule has 1 rings (SSSR count). The van der Waals surface area contributed by atoms with Gasteiger partial charge in [-0.15, -0.1) is 11.6 Å². The highest BCUT2D eigenvalue weighted by Gasteiger charge is 2.08. The second kappa shape index (κ2) is 5.47. The Morgan fingerprint density at radius 1 is 1.53 bits per heavy atom. The van der Waals surface area contributed by atoms with Gasteiger partial charge in [0.05, 0.1) is 5.56 Å². The number of hydrogen-bond donors (Lipinski definition) is 0. The summed E-state index contributed by atoms with van der Waals surface area (Å²) in [6, 6.07) is 5.48. The minimum absolute atomic E-state index is 0.105. The van der Waals surface area contributed by atoms with Gasteiger partial charge in [0.25, 0.3) is 0 Å². The molecule has 0 amide bonds. The first-order valence-electron chi connectivity index (χ1n) is 4.48. The van der Waals surface area contributed by atoms with Crippen LogP contribution in [0.25, 0.3) is 0 Å². The number of hydrogen-bond acceptors (Lipinski definition) is 2. The molecule has 1 aromatic rings. The van der Waals surface area contributed by atoms with E-state index in [1.165, 1.54) is 12.1 Å². The van der Waals surface area contributed by atoms with Crippen molar-refractivity contribution < 1.29 is 9.18 Å². The summed E-state index contributed by atoms with van der Waals surface area (Å²) in [5.74, 6) is -0.309. The average molecular weight is 226 g/mol. The molecule has 0 fully saturated rings. The Kier molecular flexibility index (Phi) is 4.26. The molecule has 0 heterocycles. The molecule has 0 N–H and O–H groups in total. The van der Waals surface area contributed by atoms with Gasteiger partial charge < -0.3 is 0 Å². The smallest absolute Gasteiger partial charge is 0.162 e. The van der Waals surface area contributed by atoms with Crippen LogP contribution in [-0.2, 0) is 0 Å². The molecule has 0 atom stereocenters. The van der Waals surface area contributed by atoms with Crippen LogP contribution in [0, 0.1) is 17.1 Å². The molecular weight excluding hydrogens is 217 g/mol. The van der Waals surface area contributed by atoms with Gasteiger partial charge in [-0.1, -0.05) is 0 Å². The van der Waals surface area contributed by atoms with E-state index in [9.17, 15) is 9.18 Å². The number of benzene rings is 1. The molecule has 4 heteroatoms. The largest absolute Gasteiger partial charge is 0.294 e. The highest BCUT2D eigenvalue weighted by atomic mass is 35.5. The Hall–Kier alpha value is -1.40. The summed E-state index contributed by atoms with van der Waals surface area (Å²) in [7, 11) is 0. The van der Waals surface area contributed by atoms with Crippen LogP contribution in [0.1, 0.15) is 28.8 Å². The Morgan fingerprint density at radius 3 is 2.87 bits per heavy atom. The molecule has 0 aliphatic rings. The molecule has 0 aromatic heterocycles. The van der Waals surface area contributed by atoms with E-state index in [0.717, 1.165) is 6.07 Å². The number of carbonyl (C=O) groups is 1. The van der Waals surface area contributed by atoms with Crippen LogP contribution >= 0.6 is 11.6 Å². The van der Waals surface area contributed by atoms with Crippen LogP contribution < -0.4 is 0 Å². The normalized spacial score (nSPS) is 9.67. The minimum Gasteiger partial charge on any atom is -0.294 e. The lowest BCUT2D eigenvalue weighted by Crippen LogP contribution is -2.00. The summed E-state index contributed by atoms with van der Waals surface area (Å²) in [6.07, 6.45) is 0.902. The number of carbonyl (C=O) groups excluding carboxylic acids is 1. The molecule has 2 nitrogen and oxygen atoms in total. The van der Waals surface area contributed by atoms with Crippen molar-refractivity contribution in [2.75, 3.05) is 5.88 Å². The molecule has 0 aliphatic heterocycles. The number of Topliss-reactive ketones (excluding diaryl/α,β-unsaturated/α-hetero) is 1. The number of nitriles is 1. The highest BCUT2D eigenvalue weighted by Crippen LogP contribution is 2.12. The molecule has 78 valence electrons. The average Bonchev–Trinajstić information content (AvgIpc) is 2.26. The summed E-state index contributed by atoms with van der Waals surface area (Å²) in [6.45, 7) is 0. The number of halogens is 2. The first kappa shape index (κ1) is 11.7. The summed E-state index contributed by atoms with van der Waals surface area (Å²) in [5, 5.41) is 8.58. The van der Waals surface area contributed by atoms with Gasteiger partial charge in [0.1, 0.15) is 11.9 Å². The summed E-state index contributed by atoms with van der Waals surface area (Å²) < 4.78 is 12.9. The van der Waals surface area contributed by atoms with E-state index in [1.54, 1.807) is 6.07 Å². The Morgan fingerprint density at radius 2 is 2.27 bits per heavy atom. The van der Waals surface area contributed by atoms with Crippen LogP contribution in [0.4, 0.5) is 4.39 Å². The van der Waals surface area contributed by atoms with Gasteiger partial charge in [-0.05, 0) is 24.6 Å². The van der Waals surface area contributed by atoms with E-state index >= 15 is 0 Å². The second-order valence-corrected chi connectivity index (χ2v) is 3.40. The van der Waals surface area contributed by atoms with Gasteiger partial charge in [0.2, 0.25) is 0 Å². The Bertz CT molecular complexity index is 412. The first-order valence-corrected chi connectivity index (χ1v) is 5.01. The van der Waals surface area contributed by atoms with Crippen LogP contribution in [0.3, 0.4) is 0 Å². The van der Waals surface area contributed by atoms with Crippen molar-refractivity contribution in [3.05, 3.63) is 35.1 Å². The fourth-order valence-electron chi connectivity index (χ4n) is 1.16. The van der Waals surface area contributed by atoms with E-state index in [4.69, 9.17) is 16.9 Å². The second-order valence-electron chi connectivity index (χ2n) is 3.02. The first-order chi connectivity index (χ1) is 7.19. The van der Waals surface area contributed by atoms with Gasteiger partial charge in [-0.3, -0.25) is 4.79 Å². The molecule has 1 aromatic carbocycles. The molecular formula is C11H9ClFNO. The lowest BCUT2D eigenvalue weighted by molar-refractivity contribution is 0.0982. The molecule has 0 bridgehead atoms. The van der Waals surface area contributed by atoms with Crippen molar-refractivity contribution in [1.82, 2.24) is 0 Å². The lowest BCUT2D eigenvalue weighted by Gasteiger charge is -2.00. The summed E-state index contributed by atoms with van der Waals surface area (Å²) in [5.41, 5.74) is 0.254. The van der Waals surface area contributed by atoms with Gasteiger partial charge in [-0.2, -0.15) is 5.26 Å². The molecule has 15 heavy (non-hydrogen) atoms. The monoisotopic (exact) mass is 225 g/mol. The topological polar surface area (TPSA) is 40.9 Å². The number of rotatable bonds is 4. The van der Waals surface area contributed by atoms with Crippen LogP contribution in [0.2, 0.25) is 0 Å². The van der Waals surface area contributed by atoms with E-state index in [-0.39, 0.29) is 11.3 Å². The third-order valence-electron chi connectivity index (χ3n) is 1.95. The number of ketones is 1. The predicted molar refractivity (Wildman–Crippen MR) is 55.4 cm³/mol. The zero-order valence-electron chi connectivity index (χ0n) is 7.96. The Labute approximate surface area is 92.3 Å². The third-order valence-corrected chi connectivity index (χ3v) is 2.21. The number of alkyl halides is 1. The van der Waals surface area contributed by atoms with E-state index in [0.29, 0.717) is 24.3 Å². The van der Waals surface area contributed by atoms with Gasteiger partial charge >= 0.3 is 0 Å². The molecule has 0 saturated heterocycles. The molecule has 0 unspecified atom stereocenters. The molecule has 0 radical (unpaired) electrons. The third kappa shape index (κ3) is 3.03. The standard InChI is InChI=1S/C11H9ClFNO/c12-5-1-2-11(15)8-3-4-10(13)9(6-8)7-14/h3-4,6H,1-2,5H2. The zero-order valence-corrected chi connectivity index (χ0v) is 8.72. The van der Waals surface area contributed by atoms with Crippen molar-refractivity contribution in [3.63, 3.8) is 0 Å². The fraction of sp³-hybridized carbons (Fsp3) is 0.273. The summed E-state index contributed by atoms with van der Waals surface area (Å²) in [4.78, 5) is 11.5. The molecule has 0 aliphatic carbocycles. The molecule has 0 spiro atoms. The maximum Gasteiger partial charge on any atom is 0.162 e. The van der Waals surface area contributed by atoms with Gasteiger partial charge in [0, 0.05) is 17.9 Å². The predicted octanol–water partition coefficient (Wildman–Crippen LogP) is 2.90. The van der Waals surface area contributed by atoms with E-state index < -0.39 is 5.82 Å². The van der Waals surface area contributed by atoms with Crippen molar-refractivity contribution in [2.45, 2.75) is 12.8 Å². The van der Waals surface area contributed by atoms with Crippen molar-refractivity contribution >= 4 is 17.4 Å². The molecule has 0 saturated carbocycles. The van der Waals surface area contributed by atoms with Crippen LogP contribution in [-0.4, -0.2) is 11.7 Å². The lowest BCUT2D eigenvalue weighted by atomic mass is 10.0. The quantitative estimate of drug-likeness (QED) is 0.584. The van der Waals surface area contributed by atoms with Crippen molar-refractivity contribution in [1.29, 1.82) is 5.26 Å². The number of nitrogens with zero attached hydrogens (tertiary/aromatic N) is 1. The Balaban J connectivity index is 2.87. The highest BCUT2D eigenvalue weighted by molar-refractivity contribution is 6.18. The van der Waals surface area contributed by atoms with Crippen molar-refractivity contribution in [2.24, 2.45) is 0 Å². The summed E-state index contributed by atoms with van der Waals surface area (Å²) >= 11 is 5.45. The van der Waals surface area contributed by atoms with Gasteiger partial charge in [-0.25, -0.2) is 4.39 Å². The zero-order chi connectivity index (χ0) is 11.3. The van der Waals surface area contributed by atoms with E-state index in [1.807, 2.05) is 0 Å². The van der Waals surface area contributed by atoms with Gasteiger partial charge in [0.15, 0.2) is 5.78 Å². The minimum atomic E-state index is -0.605. The maximum absolute atomic E-state index is 12.9.